The molecule has 0 N–H and O–H groups in total. The fourth-order valence-electron chi connectivity index (χ4n) is 3.39. The van der Waals surface area contributed by atoms with Crippen molar-refractivity contribution in [3.05, 3.63) is 48.5 Å². The number of anilines is 2. The van der Waals surface area contributed by atoms with Crippen molar-refractivity contribution in [3.63, 3.8) is 0 Å². The molecule has 0 bridgehead atoms. The van der Waals surface area contributed by atoms with E-state index in [-0.39, 0.29) is 0 Å². The topological polar surface area (TPSA) is 33.5 Å². The Bertz CT molecular complexity index is 849. The summed E-state index contributed by atoms with van der Waals surface area (Å²) < 4.78 is 7.53. The zero-order chi connectivity index (χ0) is 16.5. The van der Waals surface area contributed by atoms with Crippen LogP contribution in [0.5, 0.6) is 5.75 Å². The van der Waals surface area contributed by atoms with Crippen LogP contribution in [0.3, 0.4) is 0 Å². The van der Waals surface area contributed by atoms with E-state index >= 15 is 0 Å². The number of imidazole rings is 1. The molecule has 0 spiro atoms. The molecule has 1 saturated heterocycles. The van der Waals surface area contributed by atoms with Crippen molar-refractivity contribution in [3.8, 4) is 5.75 Å². The van der Waals surface area contributed by atoms with Crippen LogP contribution in [-0.4, -0.2) is 42.8 Å². The van der Waals surface area contributed by atoms with Gasteiger partial charge in [0.25, 0.3) is 0 Å². The van der Waals surface area contributed by atoms with E-state index < -0.39 is 0 Å². The highest BCUT2D eigenvalue weighted by atomic mass is 16.5. The summed E-state index contributed by atoms with van der Waals surface area (Å²) in [6.45, 7) is 3.90. The Morgan fingerprint density at radius 2 is 1.67 bits per heavy atom. The molecule has 5 heteroatoms. The van der Waals surface area contributed by atoms with E-state index in [0.29, 0.717) is 0 Å². The van der Waals surface area contributed by atoms with Crippen LogP contribution >= 0.6 is 0 Å². The molecule has 0 saturated carbocycles. The minimum absolute atomic E-state index is 0.908. The molecule has 24 heavy (non-hydrogen) atoms. The van der Waals surface area contributed by atoms with Crippen molar-refractivity contribution >= 4 is 22.7 Å². The van der Waals surface area contributed by atoms with Crippen LogP contribution in [0.4, 0.5) is 11.6 Å². The lowest BCUT2D eigenvalue weighted by atomic mass is 10.2. The molecule has 1 aliphatic heterocycles. The van der Waals surface area contributed by atoms with Crippen molar-refractivity contribution in [2.75, 3.05) is 43.1 Å². The van der Waals surface area contributed by atoms with Crippen molar-refractivity contribution < 1.29 is 4.74 Å². The van der Waals surface area contributed by atoms with Gasteiger partial charge in [-0.2, -0.15) is 0 Å². The highest BCUT2D eigenvalue weighted by Crippen LogP contribution is 2.25. The number of benzene rings is 2. The van der Waals surface area contributed by atoms with Crippen LogP contribution in [0.15, 0.2) is 48.5 Å². The number of hydrogen-bond acceptors (Lipinski definition) is 4. The Labute approximate surface area is 142 Å². The summed E-state index contributed by atoms with van der Waals surface area (Å²) in [6, 6.07) is 16.6. The minimum Gasteiger partial charge on any atom is -0.497 e. The average Bonchev–Trinajstić information content (AvgIpc) is 2.99. The van der Waals surface area contributed by atoms with E-state index in [9.17, 15) is 0 Å². The second kappa shape index (κ2) is 6.07. The van der Waals surface area contributed by atoms with Gasteiger partial charge in [-0.05, 0) is 24.3 Å². The molecule has 1 aliphatic rings. The Hall–Kier alpha value is -2.69. The second-order valence-electron chi connectivity index (χ2n) is 6.14. The smallest absolute Gasteiger partial charge is 0.206 e. The van der Waals surface area contributed by atoms with Crippen LogP contribution in [-0.2, 0) is 7.05 Å². The van der Waals surface area contributed by atoms with Gasteiger partial charge in [-0.1, -0.05) is 18.2 Å². The summed E-state index contributed by atoms with van der Waals surface area (Å²) in [5.41, 5.74) is 3.46. The third-order valence-corrected chi connectivity index (χ3v) is 4.74. The second-order valence-corrected chi connectivity index (χ2v) is 6.14. The van der Waals surface area contributed by atoms with Gasteiger partial charge in [0.15, 0.2) is 0 Å². The Morgan fingerprint density at radius 1 is 0.917 bits per heavy atom. The maximum atomic E-state index is 5.34. The first-order valence-electron chi connectivity index (χ1n) is 8.31. The van der Waals surface area contributed by atoms with Crippen LogP contribution in [0.25, 0.3) is 11.0 Å². The number of aryl methyl sites for hydroxylation is 1. The normalized spacial score (nSPS) is 15.1. The third kappa shape index (κ3) is 2.56. The van der Waals surface area contributed by atoms with E-state index in [1.165, 1.54) is 11.2 Å². The number of methoxy groups -OCH3 is 1. The maximum absolute atomic E-state index is 5.34. The SMILES string of the molecule is COc1cccc(N2CCN(c3nc4ccccc4n3C)CC2)c1. The standard InChI is InChI=1S/C19H22N4O/c1-21-18-9-4-3-8-17(18)20-19(21)23-12-10-22(11-13-23)15-6-5-7-16(14-15)24-2/h3-9,14H,10-13H2,1-2H3. The van der Waals surface area contributed by atoms with Crippen molar-refractivity contribution in [1.82, 2.24) is 9.55 Å². The predicted molar refractivity (Wildman–Crippen MR) is 98.1 cm³/mol. The highest BCUT2D eigenvalue weighted by molar-refractivity contribution is 5.78. The first kappa shape index (κ1) is 14.9. The van der Waals surface area contributed by atoms with Gasteiger partial charge in [-0.15, -0.1) is 0 Å². The molecule has 2 aromatic carbocycles. The molecule has 124 valence electrons. The summed E-state index contributed by atoms with van der Waals surface area (Å²) in [5.74, 6) is 1.96. The molecule has 0 amide bonds. The zero-order valence-corrected chi connectivity index (χ0v) is 14.1. The van der Waals surface area contributed by atoms with Gasteiger partial charge in [0, 0.05) is 45.0 Å². The van der Waals surface area contributed by atoms with Crippen molar-refractivity contribution in [2.45, 2.75) is 0 Å². The first-order chi connectivity index (χ1) is 11.8. The maximum Gasteiger partial charge on any atom is 0.206 e. The summed E-state index contributed by atoms with van der Waals surface area (Å²) in [4.78, 5) is 9.59. The molecule has 1 fully saturated rings. The van der Waals surface area contributed by atoms with Crippen molar-refractivity contribution in [1.29, 1.82) is 0 Å². The van der Waals surface area contributed by atoms with Gasteiger partial charge in [0.05, 0.1) is 18.1 Å². The number of nitrogens with zero attached hydrogens (tertiary/aromatic N) is 4. The molecule has 1 aromatic heterocycles. The van der Waals surface area contributed by atoms with E-state index in [2.05, 4.69) is 51.7 Å². The van der Waals surface area contributed by atoms with Gasteiger partial charge >= 0.3 is 0 Å². The number of hydrogen-bond donors (Lipinski definition) is 0. The number of para-hydroxylation sites is 2. The minimum atomic E-state index is 0.908. The lowest BCUT2D eigenvalue weighted by Crippen LogP contribution is -2.47. The fraction of sp³-hybridized carbons (Fsp3) is 0.316. The summed E-state index contributed by atoms with van der Waals surface area (Å²) in [6.07, 6.45) is 0. The number of piperazine rings is 1. The quantitative estimate of drug-likeness (QED) is 0.742. The molecular formula is C19H22N4O. The van der Waals surface area contributed by atoms with Crippen LogP contribution < -0.4 is 14.5 Å². The molecule has 3 aromatic rings. The fourth-order valence-corrected chi connectivity index (χ4v) is 3.39. The zero-order valence-electron chi connectivity index (χ0n) is 14.1. The Kier molecular flexibility index (Phi) is 3.76. The molecule has 0 radical (unpaired) electrons. The molecule has 4 rings (SSSR count). The van der Waals surface area contributed by atoms with Gasteiger partial charge < -0.3 is 19.1 Å². The number of ether oxygens (including phenoxy) is 1. The molecule has 0 aliphatic carbocycles. The largest absolute Gasteiger partial charge is 0.497 e. The lowest BCUT2D eigenvalue weighted by molar-refractivity contribution is 0.414. The van der Waals surface area contributed by atoms with Gasteiger partial charge in [-0.3, -0.25) is 0 Å². The number of fused-ring (bicyclic) bond motifs is 1. The molecular weight excluding hydrogens is 300 g/mol. The molecule has 5 nitrogen and oxygen atoms in total. The van der Waals surface area contributed by atoms with Crippen LogP contribution in [0.2, 0.25) is 0 Å². The van der Waals surface area contributed by atoms with Crippen molar-refractivity contribution in [2.24, 2.45) is 7.05 Å². The van der Waals surface area contributed by atoms with Gasteiger partial charge in [0.1, 0.15) is 5.75 Å². The van der Waals surface area contributed by atoms with Gasteiger partial charge in [-0.25, -0.2) is 4.98 Å². The van der Waals surface area contributed by atoms with E-state index in [1.807, 2.05) is 18.2 Å². The van der Waals surface area contributed by atoms with Crippen LogP contribution in [0, 0.1) is 0 Å². The number of rotatable bonds is 3. The molecule has 0 unspecified atom stereocenters. The van der Waals surface area contributed by atoms with Crippen LogP contribution in [0.1, 0.15) is 0 Å². The Balaban J connectivity index is 1.52. The summed E-state index contributed by atoms with van der Waals surface area (Å²) in [5, 5.41) is 0. The first-order valence-corrected chi connectivity index (χ1v) is 8.31. The lowest BCUT2D eigenvalue weighted by Gasteiger charge is -2.36. The summed E-state index contributed by atoms with van der Waals surface area (Å²) in [7, 11) is 3.81. The average molecular weight is 322 g/mol. The van der Waals surface area contributed by atoms with Gasteiger partial charge in [0.2, 0.25) is 5.95 Å². The number of aromatic nitrogens is 2. The molecule has 0 atom stereocenters. The monoisotopic (exact) mass is 322 g/mol. The van der Waals surface area contributed by atoms with E-state index in [4.69, 9.17) is 9.72 Å². The predicted octanol–water partition coefficient (Wildman–Crippen LogP) is 2.91. The summed E-state index contributed by atoms with van der Waals surface area (Å²) >= 11 is 0. The van der Waals surface area contributed by atoms with E-state index in [1.54, 1.807) is 7.11 Å². The third-order valence-electron chi connectivity index (χ3n) is 4.74. The molecule has 2 heterocycles. The highest BCUT2D eigenvalue weighted by Gasteiger charge is 2.21. The Morgan fingerprint density at radius 3 is 2.42 bits per heavy atom. The van der Waals surface area contributed by atoms with E-state index in [0.717, 1.165) is 43.4 Å².